The van der Waals surface area contributed by atoms with E-state index < -0.39 is 17.5 Å². The van der Waals surface area contributed by atoms with Crippen LogP contribution in [0.15, 0.2) is 30.3 Å². The third kappa shape index (κ3) is 3.24. The van der Waals surface area contributed by atoms with Crippen molar-refractivity contribution in [1.82, 2.24) is 14.3 Å². The van der Waals surface area contributed by atoms with Crippen LogP contribution < -0.4 is 0 Å². The maximum absolute atomic E-state index is 13.7. The number of ketones is 1. The quantitative estimate of drug-likeness (QED) is 0.646. The highest BCUT2D eigenvalue weighted by molar-refractivity contribution is 5.97. The van der Waals surface area contributed by atoms with Gasteiger partial charge in [0.1, 0.15) is 17.1 Å². The summed E-state index contributed by atoms with van der Waals surface area (Å²) in [6.07, 6.45) is -0.584. The Morgan fingerprint density at radius 2 is 1.81 bits per heavy atom. The van der Waals surface area contributed by atoms with Crippen LogP contribution in [-0.4, -0.2) is 31.8 Å². The average Bonchev–Trinajstić information content (AvgIpc) is 3.05. The van der Waals surface area contributed by atoms with Crippen molar-refractivity contribution in [2.75, 3.05) is 0 Å². The number of aryl methyl sites for hydroxylation is 1. The number of halogens is 1. The number of hydrogen-bond donors (Lipinski definition) is 0. The van der Waals surface area contributed by atoms with Gasteiger partial charge in [0.2, 0.25) is 0 Å². The molecule has 0 aliphatic rings. The van der Waals surface area contributed by atoms with E-state index >= 15 is 0 Å². The molecule has 0 aliphatic carbocycles. The van der Waals surface area contributed by atoms with Gasteiger partial charge in [-0.05, 0) is 51.1 Å². The molecule has 0 bridgehead atoms. The Labute approximate surface area is 150 Å². The smallest absolute Gasteiger partial charge is 0.419 e. The van der Waals surface area contributed by atoms with Crippen LogP contribution in [0, 0.1) is 5.82 Å². The van der Waals surface area contributed by atoms with E-state index in [4.69, 9.17) is 4.74 Å². The molecule has 2 heterocycles. The number of ether oxygens (including phenoxy) is 1. The number of aromatic nitrogens is 3. The molecule has 0 spiro atoms. The summed E-state index contributed by atoms with van der Waals surface area (Å²) in [6.45, 7) is 6.74. The van der Waals surface area contributed by atoms with Crippen molar-refractivity contribution in [3.05, 3.63) is 41.8 Å². The van der Waals surface area contributed by atoms with Crippen LogP contribution >= 0.6 is 0 Å². The van der Waals surface area contributed by atoms with Gasteiger partial charge < -0.3 is 4.74 Å². The van der Waals surface area contributed by atoms with Crippen molar-refractivity contribution in [3.8, 4) is 11.4 Å². The summed E-state index contributed by atoms with van der Waals surface area (Å²) < 4.78 is 22.1. The summed E-state index contributed by atoms with van der Waals surface area (Å²) in [5.74, 6) is -0.586. The molecular weight excluding hydrogens is 337 g/mol. The molecule has 0 amide bonds. The minimum absolute atomic E-state index is 0.183. The highest BCUT2D eigenvalue weighted by Gasteiger charge is 2.25. The summed E-state index contributed by atoms with van der Waals surface area (Å²) in [7, 11) is 1.68. The summed E-state index contributed by atoms with van der Waals surface area (Å²) in [6, 6.07) is 7.45. The second kappa shape index (κ2) is 6.09. The molecule has 26 heavy (non-hydrogen) atoms. The van der Waals surface area contributed by atoms with E-state index in [0.29, 0.717) is 22.3 Å². The fraction of sp³-hybridized carbons (Fsp3) is 0.316. The van der Waals surface area contributed by atoms with Gasteiger partial charge in [-0.3, -0.25) is 9.48 Å². The third-order valence-electron chi connectivity index (χ3n) is 3.84. The molecule has 0 atom stereocenters. The Hall–Kier alpha value is -2.96. The molecule has 136 valence electrons. The Bertz CT molecular complexity index is 1020. The number of benzene rings is 1. The number of fused-ring (bicyclic) bond motifs is 1. The van der Waals surface area contributed by atoms with E-state index in [9.17, 15) is 14.0 Å². The number of Topliss-reactive ketones (excluding diaryl/α,β-unsaturated/α-hetero) is 1. The lowest BCUT2D eigenvalue weighted by Gasteiger charge is -2.21. The molecule has 6 nitrogen and oxygen atoms in total. The first-order valence-corrected chi connectivity index (χ1v) is 8.16. The van der Waals surface area contributed by atoms with Gasteiger partial charge in [-0.25, -0.2) is 13.8 Å². The first-order valence-electron chi connectivity index (χ1n) is 8.16. The zero-order chi connectivity index (χ0) is 19.2. The second-order valence-corrected chi connectivity index (χ2v) is 7.14. The predicted molar refractivity (Wildman–Crippen MR) is 95.7 cm³/mol. The monoisotopic (exact) mass is 357 g/mol. The maximum atomic E-state index is 13.7. The van der Waals surface area contributed by atoms with Gasteiger partial charge in [-0.15, -0.1) is 0 Å². The van der Waals surface area contributed by atoms with Gasteiger partial charge in [0.05, 0.1) is 16.9 Å². The van der Waals surface area contributed by atoms with Crippen molar-refractivity contribution in [1.29, 1.82) is 0 Å². The highest BCUT2D eigenvalue weighted by atomic mass is 19.1. The summed E-state index contributed by atoms with van der Waals surface area (Å²) >= 11 is 0. The lowest BCUT2D eigenvalue weighted by atomic mass is 10.2. The minimum atomic E-state index is -0.692. The van der Waals surface area contributed by atoms with Gasteiger partial charge in [-0.1, -0.05) is 0 Å². The van der Waals surface area contributed by atoms with Gasteiger partial charge in [0.15, 0.2) is 5.78 Å². The Balaban J connectivity index is 2.26. The van der Waals surface area contributed by atoms with Gasteiger partial charge in [0.25, 0.3) is 0 Å². The molecule has 0 radical (unpaired) electrons. The van der Waals surface area contributed by atoms with Crippen molar-refractivity contribution in [3.63, 3.8) is 0 Å². The van der Waals surface area contributed by atoms with E-state index in [2.05, 4.69) is 5.10 Å². The lowest BCUT2D eigenvalue weighted by Crippen LogP contribution is -2.27. The molecule has 1 aromatic carbocycles. The fourth-order valence-corrected chi connectivity index (χ4v) is 2.76. The van der Waals surface area contributed by atoms with Crippen molar-refractivity contribution < 1.29 is 18.7 Å². The predicted octanol–water partition coefficient (Wildman–Crippen LogP) is 4.17. The molecule has 0 fully saturated rings. The summed E-state index contributed by atoms with van der Waals surface area (Å²) in [5, 5.41) is 4.73. The molecule has 0 saturated carbocycles. The Morgan fingerprint density at radius 3 is 2.38 bits per heavy atom. The van der Waals surface area contributed by atoms with E-state index in [1.54, 1.807) is 40.0 Å². The third-order valence-corrected chi connectivity index (χ3v) is 3.84. The highest BCUT2D eigenvalue weighted by Crippen LogP contribution is 2.30. The minimum Gasteiger partial charge on any atom is -0.443 e. The van der Waals surface area contributed by atoms with Crippen LogP contribution in [0.5, 0.6) is 0 Å². The van der Waals surface area contributed by atoms with E-state index in [1.807, 2.05) is 0 Å². The van der Waals surface area contributed by atoms with Crippen LogP contribution in [0.4, 0.5) is 9.18 Å². The van der Waals surface area contributed by atoms with Gasteiger partial charge in [-0.2, -0.15) is 5.10 Å². The topological polar surface area (TPSA) is 66.1 Å². The molecule has 2 aromatic heterocycles. The number of carbonyl (C=O) groups excluding carboxylic acids is 2. The van der Waals surface area contributed by atoms with Crippen molar-refractivity contribution >= 4 is 22.8 Å². The SMILES string of the molecule is CC(=O)c1cc(-c2cc3cc(F)ccc3n2C(=O)OC(C)(C)C)n(C)n1. The zero-order valence-electron chi connectivity index (χ0n) is 15.3. The molecule has 7 heteroatoms. The number of nitrogens with zero attached hydrogens (tertiary/aromatic N) is 3. The molecule has 3 rings (SSSR count). The number of hydrogen-bond acceptors (Lipinski definition) is 4. The van der Waals surface area contributed by atoms with Crippen LogP contribution in [-0.2, 0) is 11.8 Å². The van der Waals surface area contributed by atoms with Crippen molar-refractivity contribution in [2.45, 2.75) is 33.3 Å². The first kappa shape index (κ1) is 17.8. The zero-order valence-corrected chi connectivity index (χ0v) is 15.3. The fourth-order valence-electron chi connectivity index (χ4n) is 2.76. The summed E-state index contributed by atoms with van der Waals surface area (Å²) in [4.78, 5) is 24.5. The van der Waals surface area contributed by atoms with Gasteiger partial charge in [0, 0.05) is 19.4 Å². The normalized spacial score (nSPS) is 11.8. The largest absolute Gasteiger partial charge is 0.443 e. The molecule has 0 aliphatic heterocycles. The van der Waals surface area contributed by atoms with Gasteiger partial charge >= 0.3 is 6.09 Å². The Morgan fingerprint density at radius 1 is 1.12 bits per heavy atom. The first-order chi connectivity index (χ1) is 12.1. The Kier molecular flexibility index (Phi) is 4.18. The lowest BCUT2D eigenvalue weighted by molar-refractivity contribution is 0.0547. The molecule has 0 unspecified atom stereocenters. The average molecular weight is 357 g/mol. The van der Waals surface area contributed by atoms with Crippen LogP contribution in [0.2, 0.25) is 0 Å². The van der Waals surface area contributed by atoms with Crippen LogP contribution in [0.3, 0.4) is 0 Å². The van der Waals surface area contributed by atoms with E-state index in [1.165, 1.54) is 34.4 Å². The van der Waals surface area contributed by atoms with Crippen molar-refractivity contribution in [2.24, 2.45) is 7.05 Å². The molecular formula is C19H20FN3O3. The molecule has 0 saturated heterocycles. The maximum Gasteiger partial charge on any atom is 0.419 e. The number of rotatable bonds is 2. The molecule has 0 N–H and O–H groups in total. The molecule has 3 aromatic rings. The number of carbonyl (C=O) groups is 2. The standard InChI is InChI=1S/C19H20FN3O3/c1-11(24)14-10-16(22(5)21-14)17-9-12-8-13(20)6-7-15(12)23(17)18(25)26-19(2,3)4/h6-10H,1-5H3. The van der Waals surface area contributed by atoms with E-state index in [0.717, 1.165) is 0 Å². The summed E-state index contributed by atoms with van der Waals surface area (Å²) in [5.41, 5.74) is 1.14. The van der Waals surface area contributed by atoms with Crippen LogP contribution in [0.1, 0.15) is 38.2 Å². The van der Waals surface area contributed by atoms with Crippen LogP contribution in [0.25, 0.3) is 22.3 Å². The van der Waals surface area contributed by atoms with E-state index in [-0.39, 0.29) is 11.5 Å². The second-order valence-electron chi connectivity index (χ2n) is 7.14.